The minimum Gasteiger partial charge on any atom is -0.481 e. The number of thiophene rings is 1. The smallest absolute Gasteiger partial charge is 0.317 e. The average Bonchev–Trinajstić information content (AvgIpc) is 2.87. The molecule has 0 aromatic carbocycles. The van der Waals surface area contributed by atoms with Gasteiger partial charge in [-0.2, -0.15) is 11.3 Å². The number of carbonyl (C=O) groups is 2. The molecule has 0 radical (unpaired) electrons. The Morgan fingerprint density at radius 2 is 2.24 bits per heavy atom. The van der Waals surface area contributed by atoms with Crippen molar-refractivity contribution in [2.45, 2.75) is 19.0 Å². The molecule has 0 aliphatic carbocycles. The van der Waals surface area contributed by atoms with E-state index < -0.39 is 27.9 Å². The van der Waals surface area contributed by atoms with Crippen LogP contribution in [-0.2, 0) is 21.2 Å². The van der Waals surface area contributed by atoms with E-state index in [9.17, 15) is 18.0 Å². The predicted molar refractivity (Wildman–Crippen MR) is 78.0 cm³/mol. The van der Waals surface area contributed by atoms with Crippen molar-refractivity contribution in [2.24, 2.45) is 0 Å². The molecule has 2 rings (SSSR count). The van der Waals surface area contributed by atoms with Gasteiger partial charge in [0.05, 0.1) is 24.0 Å². The van der Waals surface area contributed by atoms with Gasteiger partial charge in [0.2, 0.25) is 0 Å². The van der Waals surface area contributed by atoms with Crippen LogP contribution in [0.1, 0.15) is 12.0 Å². The summed E-state index contributed by atoms with van der Waals surface area (Å²) in [6.45, 7) is 0.362. The minimum atomic E-state index is -3.29. The lowest BCUT2D eigenvalue weighted by Crippen LogP contribution is -2.54. The SMILES string of the molecule is O=C(O)CC1CS(=O)(=O)CCN1C(=O)NCc1ccsc1. The summed E-state index contributed by atoms with van der Waals surface area (Å²) in [5.41, 5.74) is 0.952. The summed E-state index contributed by atoms with van der Waals surface area (Å²) in [6, 6.07) is 0.631. The maximum atomic E-state index is 12.1. The molecule has 0 saturated carbocycles. The van der Waals surface area contributed by atoms with Gasteiger partial charge in [-0.15, -0.1) is 0 Å². The van der Waals surface area contributed by atoms with Gasteiger partial charge in [-0.1, -0.05) is 0 Å². The Labute approximate surface area is 126 Å². The van der Waals surface area contributed by atoms with Crippen LogP contribution in [0.2, 0.25) is 0 Å². The van der Waals surface area contributed by atoms with Gasteiger partial charge in [0.15, 0.2) is 9.84 Å². The van der Waals surface area contributed by atoms with Crippen LogP contribution in [0.4, 0.5) is 4.79 Å². The van der Waals surface area contributed by atoms with E-state index in [-0.39, 0.29) is 24.5 Å². The highest BCUT2D eigenvalue weighted by molar-refractivity contribution is 7.91. The number of aliphatic carboxylic acids is 1. The van der Waals surface area contributed by atoms with Gasteiger partial charge in [-0.25, -0.2) is 13.2 Å². The van der Waals surface area contributed by atoms with Crippen LogP contribution in [-0.4, -0.2) is 54.5 Å². The Morgan fingerprint density at radius 1 is 1.48 bits per heavy atom. The number of sulfone groups is 1. The second-order valence-corrected chi connectivity index (χ2v) is 7.86. The summed E-state index contributed by atoms with van der Waals surface area (Å²) >= 11 is 1.51. The van der Waals surface area contributed by atoms with Crippen molar-refractivity contribution in [3.63, 3.8) is 0 Å². The molecule has 1 aliphatic rings. The second-order valence-electron chi connectivity index (χ2n) is 4.85. The van der Waals surface area contributed by atoms with Crippen molar-refractivity contribution in [1.29, 1.82) is 0 Å². The summed E-state index contributed by atoms with van der Waals surface area (Å²) in [6.07, 6.45) is -0.370. The molecule has 1 saturated heterocycles. The molecule has 1 aliphatic heterocycles. The first kappa shape index (κ1) is 15.8. The first-order valence-corrected chi connectivity index (χ1v) is 9.11. The molecule has 21 heavy (non-hydrogen) atoms. The van der Waals surface area contributed by atoms with Gasteiger partial charge in [-0.3, -0.25) is 4.79 Å². The fourth-order valence-electron chi connectivity index (χ4n) is 2.20. The zero-order chi connectivity index (χ0) is 15.5. The van der Waals surface area contributed by atoms with Crippen molar-refractivity contribution in [1.82, 2.24) is 10.2 Å². The van der Waals surface area contributed by atoms with Crippen molar-refractivity contribution >= 4 is 33.2 Å². The fraction of sp³-hybridized carbons (Fsp3) is 0.500. The molecule has 1 fully saturated rings. The highest BCUT2D eigenvalue weighted by Crippen LogP contribution is 2.15. The molecule has 1 aromatic heterocycles. The molecular weight excluding hydrogens is 316 g/mol. The number of carboxylic acid groups (broad SMARTS) is 1. The topological polar surface area (TPSA) is 104 Å². The first-order valence-electron chi connectivity index (χ1n) is 6.35. The molecule has 2 heterocycles. The summed E-state index contributed by atoms with van der Waals surface area (Å²) in [5.74, 6) is -1.55. The number of hydrogen-bond donors (Lipinski definition) is 2. The second kappa shape index (κ2) is 6.44. The standard InChI is InChI=1S/C12H16N2O5S2/c15-11(16)5-10-8-21(18,19)4-2-14(10)12(17)13-6-9-1-3-20-7-9/h1,3,7,10H,2,4-6,8H2,(H,13,17)(H,15,16). The quantitative estimate of drug-likeness (QED) is 0.837. The largest absolute Gasteiger partial charge is 0.481 e. The lowest BCUT2D eigenvalue weighted by Gasteiger charge is -2.34. The average molecular weight is 332 g/mol. The molecule has 7 nitrogen and oxygen atoms in total. The van der Waals surface area contributed by atoms with Gasteiger partial charge in [-0.05, 0) is 22.4 Å². The van der Waals surface area contributed by atoms with Crippen LogP contribution >= 0.6 is 11.3 Å². The molecule has 2 amide bonds. The molecule has 1 atom stereocenters. The maximum absolute atomic E-state index is 12.1. The summed E-state index contributed by atoms with van der Waals surface area (Å²) in [7, 11) is -3.29. The van der Waals surface area contributed by atoms with E-state index in [0.717, 1.165) is 5.56 Å². The number of amides is 2. The number of nitrogens with one attached hydrogen (secondary N) is 1. The number of carbonyl (C=O) groups excluding carboxylic acids is 1. The third-order valence-electron chi connectivity index (χ3n) is 3.23. The van der Waals surface area contributed by atoms with E-state index >= 15 is 0 Å². The molecule has 0 spiro atoms. The normalized spacial score (nSPS) is 21.0. The summed E-state index contributed by atoms with van der Waals surface area (Å²) in [5, 5.41) is 15.3. The molecule has 1 aromatic rings. The predicted octanol–water partition coefficient (Wildman–Crippen LogP) is 0.531. The summed E-state index contributed by atoms with van der Waals surface area (Å²) in [4.78, 5) is 24.3. The number of nitrogens with zero attached hydrogens (tertiary/aromatic N) is 1. The van der Waals surface area contributed by atoms with Crippen molar-refractivity contribution in [3.8, 4) is 0 Å². The molecule has 116 valence electrons. The van der Waals surface area contributed by atoms with Gasteiger partial charge in [0, 0.05) is 13.1 Å². The minimum absolute atomic E-state index is 0.0236. The Bertz CT molecular complexity index is 612. The molecular formula is C12H16N2O5S2. The highest BCUT2D eigenvalue weighted by atomic mass is 32.2. The van der Waals surface area contributed by atoms with Gasteiger partial charge in [0.25, 0.3) is 0 Å². The van der Waals surface area contributed by atoms with Crippen molar-refractivity contribution in [2.75, 3.05) is 18.1 Å². The van der Waals surface area contributed by atoms with E-state index in [1.165, 1.54) is 16.2 Å². The Hall–Kier alpha value is -1.61. The van der Waals surface area contributed by atoms with E-state index in [4.69, 9.17) is 5.11 Å². The van der Waals surface area contributed by atoms with Crippen LogP contribution < -0.4 is 5.32 Å². The Kier molecular flexibility index (Phi) is 4.84. The van der Waals surface area contributed by atoms with Crippen LogP contribution in [0, 0.1) is 0 Å². The zero-order valence-electron chi connectivity index (χ0n) is 11.2. The third kappa shape index (κ3) is 4.43. The first-order chi connectivity index (χ1) is 9.87. The van der Waals surface area contributed by atoms with E-state index in [1.54, 1.807) is 0 Å². The van der Waals surface area contributed by atoms with E-state index in [1.807, 2.05) is 16.8 Å². The van der Waals surface area contributed by atoms with Gasteiger partial charge < -0.3 is 15.3 Å². The number of hydrogen-bond acceptors (Lipinski definition) is 5. The van der Waals surface area contributed by atoms with Gasteiger partial charge >= 0.3 is 12.0 Å². The van der Waals surface area contributed by atoms with E-state index in [0.29, 0.717) is 6.54 Å². The number of rotatable bonds is 4. The number of carboxylic acids is 1. The molecule has 2 N–H and O–H groups in total. The Balaban J connectivity index is 2.01. The van der Waals surface area contributed by atoms with Crippen molar-refractivity contribution in [3.05, 3.63) is 22.4 Å². The molecule has 1 unspecified atom stereocenters. The molecule has 0 bridgehead atoms. The number of urea groups is 1. The van der Waals surface area contributed by atoms with Gasteiger partial charge in [0.1, 0.15) is 0 Å². The highest BCUT2D eigenvalue weighted by Gasteiger charge is 2.35. The van der Waals surface area contributed by atoms with Crippen LogP contribution in [0.15, 0.2) is 16.8 Å². The van der Waals surface area contributed by atoms with Crippen LogP contribution in [0.25, 0.3) is 0 Å². The maximum Gasteiger partial charge on any atom is 0.317 e. The third-order valence-corrected chi connectivity index (χ3v) is 5.65. The Morgan fingerprint density at radius 3 is 2.86 bits per heavy atom. The van der Waals surface area contributed by atoms with Crippen molar-refractivity contribution < 1.29 is 23.1 Å². The summed E-state index contributed by atoms with van der Waals surface area (Å²) < 4.78 is 23.2. The lowest BCUT2D eigenvalue weighted by molar-refractivity contribution is -0.138. The molecule has 9 heteroatoms. The van der Waals surface area contributed by atoms with E-state index in [2.05, 4.69) is 5.32 Å². The fourth-order valence-corrected chi connectivity index (χ4v) is 4.39. The zero-order valence-corrected chi connectivity index (χ0v) is 12.8. The van der Waals surface area contributed by atoms with Crippen LogP contribution in [0.3, 0.4) is 0 Å². The monoisotopic (exact) mass is 332 g/mol. The lowest BCUT2D eigenvalue weighted by atomic mass is 10.2. The van der Waals surface area contributed by atoms with Crippen LogP contribution in [0.5, 0.6) is 0 Å².